The van der Waals surface area contributed by atoms with Gasteiger partial charge in [-0.3, -0.25) is 14.5 Å². The molecule has 2 aromatic carbocycles. The van der Waals surface area contributed by atoms with Crippen LogP contribution in [0.1, 0.15) is 18.1 Å². The molecule has 0 atom stereocenters. The summed E-state index contributed by atoms with van der Waals surface area (Å²) in [5, 5.41) is 5.05. The zero-order chi connectivity index (χ0) is 23.2. The number of aryl methyl sites for hydroxylation is 2. The van der Waals surface area contributed by atoms with Gasteiger partial charge in [0.05, 0.1) is 22.8 Å². The van der Waals surface area contributed by atoms with Crippen molar-refractivity contribution >= 4 is 40.2 Å². The van der Waals surface area contributed by atoms with Crippen molar-refractivity contribution < 1.29 is 9.59 Å². The van der Waals surface area contributed by atoms with Crippen molar-refractivity contribution in [2.45, 2.75) is 25.3 Å². The Hall–Kier alpha value is -2.90. The molecule has 0 radical (unpaired) electrons. The van der Waals surface area contributed by atoms with Crippen LogP contribution in [0.25, 0.3) is 10.9 Å². The van der Waals surface area contributed by atoms with Crippen LogP contribution in [0.2, 0.25) is 0 Å². The molecule has 6 nitrogen and oxygen atoms in total. The van der Waals surface area contributed by atoms with Gasteiger partial charge in [0.1, 0.15) is 0 Å². The average Bonchev–Trinajstić information content (AvgIpc) is 2.83. The molecule has 7 heteroatoms. The summed E-state index contributed by atoms with van der Waals surface area (Å²) < 4.78 is 0. The molecule has 1 aliphatic rings. The second-order valence-electron chi connectivity index (χ2n) is 8.30. The van der Waals surface area contributed by atoms with Crippen LogP contribution < -0.4 is 5.32 Å². The van der Waals surface area contributed by atoms with Gasteiger partial charge in [0, 0.05) is 37.3 Å². The van der Waals surface area contributed by atoms with Crippen LogP contribution in [0, 0.1) is 6.92 Å². The molecule has 33 heavy (non-hydrogen) atoms. The molecule has 4 rings (SSSR count). The van der Waals surface area contributed by atoms with E-state index in [9.17, 15) is 9.59 Å². The number of fused-ring (bicyclic) bond motifs is 1. The van der Waals surface area contributed by atoms with E-state index in [1.54, 1.807) is 0 Å². The first-order chi connectivity index (χ1) is 16.0. The maximum atomic E-state index is 12.7. The third-order valence-corrected chi connectivity index (χ3v) is 6.90. The van der Waals surface area contributed by atoms with Gasteiger partial charge in [0.15, 0.2) is 0 Å². The summed E-state index contributed by atoms with van der Waals surface area (Å²) in [7, 11) is 0. The number of hydrogen-bond acceptors (Lipinski definition) is 5. The number of aromatic nitrogens is 1. The standard InChI is InChI=1S/C26H30N4O2S/c1-3-20-8-4-6-10-22(20)27-24(31)17-29-12-14-30(15-13-29)26(32)18-33-25-16-19(2)21-9-5-7-11-23(21)28-25/h4-11,16H,3,12-15,17-18H2,1-2H3,(H,27,31). The molecule has 0 bridgehead atoms. The number of carbonyl (C=O) groups excluding carboxylic acids is 2. The van der Waals surface area contributed by atoms with Crippen molar-refractivity contribution in [3.05, 3.63) is 65.7 Å². The highest BCUT2D eigenvalue weighted by Crippen LogP contribution is 2.24. The molecule has 0 aliphatic carbocycles. The van der Waals surface area contributed by atoms with Crippen molar-refractivity contribution in [1.29, 1.82) is 0 Å². The maximum Gasteiger partial charge on any atom is 0.238 e. The first-order valence-electron chi connectivity index (χ1n) is 11.4. The van der Waals surface area contributed by atoms with Crippen LogP contribution in [0.15, 0.2) is 59.6 Å². The fraction of sp³-hybridized carbons (Fsp3) is 0.346. The van der Waals surface area contributed by atoms with Crippen LogP contribution >= 0.6 is 11.8 Å². The Kier molecular flexibility index (Phi) is 7.62. The molecule has 2 amide bonds. The highest BCUT2D eigenvalue weighted by molar-refractivity contribution is 7.99. The molecule has 0 unspecified atom stereocenters. The van der Waals surface area contributed by atoms with Crippen molar-refractivity contribution in [2.75, 3.05) is 43.8 Å². The summed E-state index contributed by atoms with van der Waals surface area (Å²) in [5.74, 6) is 0.483. The van der Waals surface area contributed by atoms with E-state index < -0.39 is 0 Å². The SMILES string of the molecule is CCc1ccccc1NC(=O)CN1CCN(C(=O)CSc2cc(C)c3ccccc3n2)CC1. The lowest BCUT2D eigenvalue weighted by atomic mass is 10.1. The molecule has 2 heterocycles. The number of hydrogen-bond donors (Lipinski definition) is 1. The summed E-state index contributed by atoms with van der Waals surface area (Å²) in [6.07, 6.45) is 0.879. The number of rotatable bonds is 7. The highest BCUT2D eigenvalue weighted by Gasteiger charge is 2.23. The van der Waals surface area contributed by atoms with E-state index >= 15 is 0 Å². The summed E-state index contributed by atoms with van der Waals surface area (Å²) in [4.78, 5) is 33.9. The zero-order valence-electron chi connectivity index (χ0n) is 19.2. The number of pyridine rings is 1. The van der Waals surface area contributed by atoms with Crippen LogP contribution in [-0.4, -0.2) is 65.1 Å². The third-order valence-electron chi connectivity index (χ3n) is 6.01. The van der Waals surface area contributed by atoms with Crippen molar-refractivity contribution in [1.82, 2.24) is 14.8 Å². The van der Waals surface area contributed by atoms with Gasteiger partial charge in [0.25, 0.3) is 0 Å². The van der Waals surface area contributed by atoms with Gasteiger partial charge < -0.3 is 10.2 Å². The van der Waals surface area contributed by atoms with E-state index in [-0.39, 0.29) is 11.8 Å². The zero-order valence-corrected chi connectivity index (χ0v) is 20.0. The molecule has 1 fully saturated rings. The quantitative estimate of drug-likeness (QED) is 0.538. The molecule has 1 aliphatic heterocycles. The molecule has 3 aromatic rings. The summed E-state index contributed by atoms with van der Waals surface area (Å²) in [5.41, 5.74) is 4.15. The number of piperazine rings is 1. The molecule has 1 saturated heterocycles. The minimum atomic E-state index is -0.0102. The number of nitrogens with one attached hydrogen (secondary N) is 1. The lowest BCUT2D eigenvalue weighted by molar-refractivity contribution is -0.130. The second kappa shape index (κ2) is 10.8. The minimum absolute atomic E-state index is 0.0102. The number of thioether (sulfide) groups is 1. The van der Waals surface area contributed by atoms with Gasteiger partial charge in [-0.05, 0) is 42.7 Å². The largest absolute Gasteiger partial charge is 0.339 e. The molecule has 172 valence electrons. The molecular weight excluding hydrogens is 432 g/mol. The third kappa shape index (κ3) is 5.92. The predicted octanol–water partition coefficient (Wildman–Crippen LogP) is 3.98. The van der Waals surface area contributed by atoms with Gasteiger partial charge >= 0.3 is 0 Å². The number of carbonyl (C=O) groups is 2. The number of amides is 2. The van der Waals surface area contributed by atoms with E-state index in [0.717, 1.165) is 33.6 Å². The van der Waals surface area contributed by atoms with Crippen LogP contribution in [0.4, 0.5) is 5.69 Å². The molecule has 0 saturated carbocycles. The van der Waals surface area contributed by atoms with E-state index in [0.29, 0.717) is 38.5 Å². The molecule has 1 aromatic heterocycles. The summed E-state index contributed by atoms with van der Waals surface area (Å²) in [6.45, 7) is 7.18. The van der Waals surface area contributed by atoms with E-state index in [1.807, 2.05) is 53.4 Å². The van der Waals surface area contributed by atoms with Crippen LogP contribution in [-0.2, 0) is 16.0 Å². The monoisotopic (exact) mass is 462 g/mol. The summed E-state index contributed by atoms with van der Waals surface area (Å²) in [6, 6.07) is 18.0. The van der Waals surface area contributed by atoms with Crippen LogP contribution in [0.5, 0.6) is 0 Å². The number of nitrogens with zero attached hydrogens (tertiary/aromatic N) is 3. The van der Waals surface area contributed by atoms with E-state index in [1.165, 1.54) is 17.3 Å². The highest BCUT2D eigenvalue weighted by atomic mass is 32.2. The maximum absolute atomic E-state index is 12.7. The fourth-order valence-electron chi connectivity index (χ4n) is 4.12. The second-order valence-corrected chi connectivity index (χ2v) is 9.29. The first kappa shape index (κ1) is 23.3. The Bertz CT molecular complexity index is 1140. The van der Waals surface area contributed by atoms with Gasteiger partial charge in [-0.25, -0.2) is 4.98 Å². The number of para-hydroxylation sites is 2. The topological polar surface area (TPSA) is 65.5 Å². The van der Waals surface area contributed by atoms with Gasteiger partial charge in [0.2, 0.25) is 11.8 Å². The molecule has 0 spiro atoms. The lowest BCUT2D eigenvalue weighted by Crippen LogP contribution is -2.50. The Labute approximate surface area is 199 Å². The average molecular weight is 463 g/mol. The Morgan fingerprint density at radius 3 is 2.55 bits per heavy atom. The normalized spacial score (nSPS) is 14.4. The van der Waals surface area contributed by atoms with Gasteiger partial charge in [-0.1, -0.05) is 55.1 Å². The smallest absolute Gasteiger partial charge is 0.238 e. The first-order valence-corrected chi connectivity index (χ1v) is 12.4. The fourth-order valence-corrected chi connectivity index (χ4v) is 5.00. The minimum Gasteiger partial charge on any atom is -0.339 e. The van der Waals surface area contributed by atoms with Gasteiger partial charge in [-0.15, -0.1) is 0 Å². The summed E-state index contributed by atoms with van der Waals surface area (Å²) >= 11 is 1.49. The van der Waals surface area contributed by atoms with Crippen molar-refractivity contribution in [2.24, 2.45) is 0 Å². The number of benzene rings is 2. The van der Waals surface area contributed by atoms with E-state index in [2.05, 4.69) is 35.1 Å². The van der Waals surface area contributed by atoms with Crippen molar-refractivity contribution in [3.63, 3.8) is 0 Å². The number of anilines is 1. The Balaban J connectivity index is 1.24. The van der Waals surface area contributed by atoms with E-state index in [4.69, 9.17) is 0 Å². The predicted molar refractivity (Wildman–Crippen MR) is 135 cm³/mol. The van der Waals surface area contributed by atoms with Crippen molar-refractivity contribution in [3.8, 4) is 0 Å². The molecule has 1 N–H and O–H groups in total. The van der Waals surface area contributed by atoms with Crippen LogP contribution in [0.3, 0.4) is 0 Å². The Morgan fingerprint density at radius 2 is 1.76 bits per heavy atom. The lowest BCUT2D eigenvalue weighted by Gasteiger charge is -2.34. The molecular formula is C26H30N4O2S. The Morgan fingerprint density at radius 1 is 1.03 bits per heavy atom. The van der Waals surface area contributed by atoms with Gasteiger partial charge in [-0.2, -0.15) is 0 Å².